The van der Waals surface area contributed by atoms with E-state index in [2.05, 4.69) is 15.3 Å². The van der Waals surface area contributed by atoms with Crippen molar-refractivity contribution in [3.05, 3.63) is 10.9 Å². The second-order valence-electron chi connectivity index (χ2n) is 4.69. The number of alkyl halides is 3. The maximum Gasteiger partial charge on any atom is 0.390 e. The minimum atomic E-state index is -4.17. The third-order valence-electron chi connectivity index (χ3n) is 3.09. The van der Waals surface area contributed by atoms with Crippen molar-refractivity contribution in [2.45, 2.75) is 25.9 Å². The van der Waals surface area contributed by atoms with Gasteiger partial charge in [0.25, 0.3) is 0 Å². The Morgan fingerprint density at radius 3 is 2.62 bits per heavy atom. The number of aryl methyl sites for hydroxylation is 1. The van der Waals surface area contributed by atoms with Crippen molar-refractivity contribution >= 4 is 33.3 Å². The Morgan fingerprint density at radius 1 is 1.33 bits per heavy atom. The first kappa shape index (κ1) is 15.8. The Bertz CT molecular complexity index is 624. The van der Waals surface area contributed by atoms with Gasteiger partial charge < -0.3 is 10.2 Å². The van der Waals surface area contributed by atoms with Gasteiger partial charge in [-0.2, -0.15) is 18.2 Å². The van der Waals surface area contributed by atoms with Gasteiger partial charge in [-0.3, -0.25) is 0 Å². The lowest BCUT2D eigenvalue weighted by Crippen LogP contribution is -2.25. The number of aromatic nitrogens is 2. The summed E-state index contributed by atoms with van der Waals surface area (Å²) < 4.78 is 37.1. The average Bonchev–Trinajstić information content (AvgIpc) is 2.85. The van der Waals surface area contributed by atoms with Gasteiger partial charge in [-0.05, 0) is 12.5 Å². The van der Waals surface area contributed by atoms with E-state index in [0.29, 0.717) is 11.8 Å². The molecular weight excluding hydrogens is 301 g/mol. The summed E-state index contributed by atoms with van der Waals surface area (Å²) in [4.78, 5) is 12.1. The number of rotatable bonds is 5. The SMILES string of the molecule is CCc1cc2c(N(C)CCC(F)(F)F)nc(NC)nc2s1. The summed E-state index contributed by atoms with van der Waals surface area (Å²) in [5, 5.41) is 3.66. The zero-order valence-electron chi connectivity index (χ0n) is 12.1. The lowest BCUT2D eigenvalue weighted by atomic mass is 10.3. The molecule has 21 heavy (non-hydrogen) atoms. The van der Waals surface area contributed by atoms with E-state index < -0.39 is 12.6 Å². The smallest absolute Gasteiger partial charge is 0.359 e. The average molecular weight is 318 g/mol. The predicted octanol–water partition coefficient (Wildman–Crippen LogP) is 3.68. The van der Waals surface area contributed by atoms with Crippen molar-refractivity contribution in [3.63, 3.8) is 0 Å². The summed E-state index contributed by atoms with van der Waals surface area (Å²) in [6, 6.07) is 1.96. The maximum absolute atomic E-state index is 12.4. The number of fused-ring (bicyclic) bond motifs is 1. The summed E-state index contributed by atoms with van der Waals surface area (Å²) in [6.45, 7) is 1.90. The molecule has 0 spiro atoms. The van der Waals surface area contributed by atoms with Crippen molar-refractivity contribution in [2.75, 3.05) is 30.9 Å². The Labute approximate surface area is 125 Å². The van der Waals surface area contributed by atoms with Gasteiger partial charge in [0.2, 0.25) is 5.95 Å². The molecule has 0 aromatic carbocycles. The first-order valence-corrected chi connectivity index (χ1v) is 7.41. The number of hydrogen-bond donors (Lipinski definition) is 1. The van der Waals surface area contributed by atoms with E-state index in [1.807, 2.05) is 13.0 Å². The summed E-state index contributed by atoms with van der Waals surface area (Å²) in [6.07, 6.45) is -4.17. The van der Waals surface area contributed by atoms with E-state index in [0.717, 1.165) is 21.5 Å². The van der Waals surface area contributed by atoms with Crippen LogP contribution in [-0.4, -0.2) is 36.8 Å². The molecule has 0 atom stereocenters. The van der Waals surface area contributed by atoms with E-state index in [4.69, 9.17) is 0 Å². The zero-order valence-corrected chi connectivity index (χ0v) is 12.9. The third-order valence-corrected chi connectivity index (χ3v) is 4.26. The molecule has 0 bridgehead atoms. The minimum absolute atomic E-state index is 0.129. The summed E-state index contributed by atoms with van der Waals surface area (Å²) in [5.41, 5.74) is 0. The molecule has 0 fully saturated rings. The third kappa shape index (κ3) is 3.75. The highest BCUT2D eigenvalue weighted by molar-refractivity contribution is 7.18. The molecule has 0 aliphatic heterocycles. The lowest BCUT2D eigenvalue weighted by Gasteiger charge is -2.20. The van der Waals surface area contributed by atoms with Gasteiger partial charge in [-0.1, -0.05) is 6.92 Å². The molecule has 0 aliphatic rings. The van der Waals surface area contributed by atoms with Crippen molar-refractivity contribution in [1.82, 2.24) is 9.97 Å². The molecule has 0 saturated heterocycles. The second-order valence-corrected chi connectivity index (χ2v) is 5.81. The molecular formula is C13H17F3N4S. The summed E-state index contributed by atoms with van der Waals surface area (Å²) >= 11 is 1.54. The molecule has 0 aliphatic carbocycles. The van der Waals surface area contributed by atoms with Crippen molar-refractivity contribution < 1.29 is 13.2 Å². The highest BCUT2D eigenvalue weighted by Gasteiger charge is 2.28. The fourth-order valence-corrected chi connectivity index (χ4v) is 2.90. The molecule has 0 radical (unpaired) electrons. The van der Waals surface area contributed by atoms with E-state index in [1.165, 1.54) is 4.90 Å². The number of anilines is 2. The first-order chi connectivity index (χ1) is 9.84. The summed E-state index contributed by atoms with van der Waals surface area (Å²) in [7, 11) is 3.31. The van der Waals surface area contributed by atoms with Crippen LogP contribution in [0.15, 0.2) is 6.07 Å². The number of thiophene rings is 1. The fraction of sp³-hybridized carbons (Fsp3) is 0.538. The van der Waals surface area contributed by atoms with Crippen LogP contribution in [-0.2, 0) is 6.42 Å². The van der Waals surface area contributed by atoms with Crippen LogP contribution in [0, 0.1) is 0 Å². The second kappa shape index (κ2) is 6.05. The monoisotopic (exact) mass is 318 g/mol. The van der Waals surface area contributed by atoms with E-state index in [1.54, 1.807) is 25.4 Å². The molecule has 4 nitrogen and oxygen atoms in total. The largest absolute Gasteiger partial charge is 0.390 e. The first-order valence-electron chi connectivity index (χ1n) is 6.60. The molecule has 8 heteroatoms. The number of halogens is 3. The van der Waals surface area contributed by atoms with Crippen LogP contribution < -0.4 is 10.2 Å². The van der Waals surface area contributed by atoms with Crippen LogP contribution in [0.4, 0.5) is 24.9 Å². The Kier molecular flexibility index (Phi) is 4.55. The van der Waals surface area contributed by atoms with Crippen LogP contribution >= 0.6 is 11.3 Å². The fourth-order valence-electron chi connectivity index (χ4n) is 1.93. The quantitative estimate of drug-likeness (QED) is 0.913. The predicted molar refractivity (Wildman–Crippen MR) is 80.3 cm³/mol. The van der Waals surface area contributed by atoms with Gasteiger partial charge in [-0.15, -0.1) is 11.3 Å². The molecule has 2 aromatic rings. The normalized spacial score (nSPS) is 11.9. The standard InChI is InChI=1S/C13H17F3N4S/c1-4-8-7-9-10(20(3)6-5-13(14,15)16)18-12(17-2)19-11(9)21-8/h7H,4-6H2,1-3H3,(H,17,18,19). The van der Waals surface area contributed by atoms with E-state index in [-0.39, 0.29) is 6.54 Å². The van der Waals surface area contributed by atoms with E-state index >= 15 is 0 Å². The minimum Gasteiger partial charge on any atom is -0.359 e. The molecule has 1 N–H and O–H groups in total. The Hall–Kier alpha value is -1.57. The molecule has 116 valence electrons. The topological polar surface area (TPSA) is 41.1 Å². The van der Waals surface area contributed by atoms with Crippen LogP contribution in [0.1, 0.15) is 18.2 Å². The Balaban J connectivity index is 2.38. The van der Waals surface area contributed by atoms with Gasteiger partial charge in [0.1, 0.15) is 10.6 Å². The van der Waals surface area contributed by atoms with Crippen molar-refractivity contribution in [3.8, 4) is 0 Å². The van der Waals surface area contributed by atoms with Gasteiger partial charge >= 0.3 is 6.18 Å². The number of nitrogens with zero attached hydrogens (tertiary/aromatic N) is 3. The van der Waals surface area contributed by atoms with E-state index in [9.17, 15) is 13.2 Å². The summed E-state index contributed by atoms with van der Waals surface area (Å²) in [5.74, 6) is 0.949. The van der Waals surface area contributed by atoms with Crippen LogP contribution in [0.25, 0.3) is 10.2 Å². The van der Waals surface area contributed by atoms with Gasteiger partial charge in [0.05, 0.1) is 11.8 Å². The molecule has 0 unspecified atom stereocenters. The Morgan fingerprint density at radius 2 is 2.05 bits per heavy atom. The maximum atomic E-state index is 12.4. The van der Waals surface area contributed by atoms with Gasteiger partial charge in [-0.25, -0.2) is 4.98 Å². The lowest BCUT2D eigenvalue weighted by molar-refractivity contribution is -0.132. The molecule has 2 rings (SSSR count). The highest BCUT2D eigenvalue weighted by atomic mass is 32.1. The van der Waals surface area contributed by atoms with Crippen LogP contribution in [0.3, 0.4) is 0 Å². The highest BCUT2D eigenvalue weighted by Crippen LogP contribution is 2.32. The zero-order chi connectivity index (χ0) is 15.6. The van der Waals surface area contributed by atoms with Gasteiger partial charge in [0, 0.05) is 25.5 Å². The van der Waals surface area contributed by atoms with Gasteiger partial charge in [0.15, 0.2) is 0 Å². The van der Waals surface area contributed by atoms with Crippen LogP contribution in [0.2, 0.25) is 0 Å². The van der Waals surface area contributed by atoms with Crippen molar-refractivity contribution in [2.24, 2.45) is 0 Å². The number of hydrogen-bond acceptors (Lipinski definition) is 5. The molecule has 0 saturated carbocycles. The number of nitrogens with one attached hydrogen (secondary N) is 1. The van der Waals surface area contributed by atoms with Crippen molar-refractivity contribution in [1.29, 1.82) is 0 Å². The molecule has 0 amide bonds. The molecule has 2 heterocycles. The van der Waals surface area contributed by atoms with Crippen LogP contribution in [0.5, 0.6) is 0 Å². The molecule has 2 aromatic heterocycles.